The molecule has 0 spiro atoms. The Morgan fingerprint density at radius 2 is 2.05 bits per heavy atom. The number of hydrogen-bond acceptors (Lipinski definition) is 5. The van der Waals surface area contributed by atoms with Crippen LogP contribution in [0.2, 0.25) is 0 Å². The lowest BCUT2D eigenvalue weighted by Crippen LogP contribution is -2.36. The lowest BCUT2D eigenvalue weighted by atomic mass is 10.1. The first-order valence-electron chi connectivity index (χ1n) is 7.23. The van der Waals surface area contributed by atoms with Crippen LogP contribution in [0, 0.1) is 6.92 Å². The number of aryl methyl sites for hydroxylation is 1. The van der Waals surface area contributed by atoms with E-state index in [1.54, 1.807) is 6.33 Å². The van der Waals surface area contributed by atoms with Crippen LogP contribution >= 0.6 is 0 Å². The summed E-state index contributed by atoms with van der Waals surface area (Å²) in [6.07, 6.45) is 7.62. The first kappa shape index (κ1) is 12.3. The van der Waals surface area contributed by atoms with Gasteiger partial charge in [0.2, 0.25) is 0 Å². The molecule has 4 heterocycles. The minimum Gasteiger partial charge on any atom is -0.356 e. The number of piperidine rings is 1. The van der Waals surface area contributed by atoms with E-state index < -0.39 is 0 Å². The van der Waals surface area contributed by atoms with Gasteiger partial charge < -0.3 is 4.90 Å². The Labute approximate surface area is 122 Å². The maximum atomic E-state index is 4.40. The summed E-state index contributed by atoms with van der Waals surface area (Å²) >= 11 is 0. The number of fused-ring (bicyclic) bond motifs is 1. The standard InChI is InChI=1S/C14H17N7/c1-11-9-13(21-14(18-11)15-10-17-21)19-7-3-12(4-8-19)20-6-2-5-16-20/h2,5-6,9-10,12H,3-4,7-8H2,1H3. The molecule has 4 rings (SSSR count). The van der Waals surface area contributed by atoms with E-state index in [0.717, 1.165) is 37.4 Å². The molecule has 0 saturated carbocycles. The quantitative estimate of drug-likeness (QED) is 0.712. The van der Waals surface area contributed by atoms with Crippen molar-refractivity contribution in [2.24, 2.45) is 0 Å². The minimum atomic E-state index is 0.491. The monoisotopic (exact) mass is 283 g/mol. The molecule has 1 fully saturated rings. The molecule has 3 aromatic rings. The second kappa shape index (κ2) is 4.83. The maximum absolute atomic E-state index is 4.40. The molecule has 0 aliphatic carbocycles. The molecule has 7 nitrogen and oxygen atoms in total. The second-order valence-corrected chi connectivity index (χ2v) is 5.43. The number of aromatic nitrogens is 6. The second-order valence-electron chi connectivity index (χ2n) is 5.43. The van der Waals surface area contributed by atoms with Crippen LogP contribution in [0.3, 0.4) is 0 Å². The third kappa shape index (κ3) is 2.14. The first-order chi connectivity index (χ1) is 10.3. The molecule has 0 N–H and O–H groups in total. The van der Waals surface area contributed by atoms with Crippen LogP contribution in [0.1, 0.15) is 24.6 Å². The molecule has 0 unspecified atom stereocenters. The Bertz CT molecular complexity index is 738. The fourth-order valence-corrected chi connectivity index (χ4v) is 2.99. The molecule has 0 bridgehead atoms. The zero-order chi connectivity index (χ0) is 14.2. The summed E-state index contributed by atoms with van der Waals surface area (Å²) in [5, 5.41) is 8.64. The van der Waals surface area contributed by atoms with E-state index in [1.807, 2.05) is 29.9 Å². The number of hydrogen-bond donors (Lipinski definition) is 0. The van der Waals surface area contributed by atoms with Gasteiger partial charge in [-0.05, 0) is 25.8 Å². The maximum Gasteiger partial charge on any atom is 0.254 e. The van der Waals surface area contributed by atoms with Gasteiger partial charge in [0.15, 0.2) is 0 Å². The summed E-state index contributed by atoms with van der Waals surface area (Å²) in [5.41, 5.74) is 0.972. The van der Waals surface area contributed by atoms with Crippen molar-refractivity contribution >= 4 is 11.6 Å². The zero-order valence-corrected chi connectivity index (χ0v) is 11.9. The lowest BCUT2D eigenvalue weighted by Gasteiger charge is -2.33. The van der Waals surface area contributed by atoms with Crippen LogP contribution in [0.15, 0.2) is 30.9 Å². The fourth-order valence-electron chi connectivity index (χ4n) is 2.99. The van der Waals surface area contributed by atoms with E-state index in [9.17, 15) is 0 Å². The molecule has 1 saturated heterocycles. The Morgan fingerprint density at radius 1 is 1.19 bits per heavy atom. The topological polar surface area (TPSA) is 64.1 Å². The van der Waals surface area contributed by atoms with Crippen molar-refractivity contribution in [2.75, 3.05) is 18.0 Å². The van der Waals surface area contributed by atoms with E-state index in [0.29, 0.717) is 11.8 Å². The van der Waals surface area contributed by atoms with Crippen LogP contribution in [0.4, 0.5) is 5.82 Å². The van der Waals surface area contributed by atoms with Crippen molar-refractivity contribution in [1.29, 1.82) is 0 Å². The molecular weight excluding hydrogens is 266 g/mol. The third-order valence-corrected chi connectivity index (χ3v) is 4.05. The molecule has 7 heteroatoms. The average molecular weight is 283 g/mol. The fraction of sp³-hybridized carbons (Fsp3) is 0.429. The van der Waals surface area contributed by atoms with Crippen molar-refractivity contribution in [1.82, 2.24) is 29.4 Å². The third-order valence-electron chi connectivity index (χ3n) is 4.05. The number of nitrogens with zero attached hydrogens (tertiary/aromatic N) is 7. The predicted octanol–water partition coefficient (Wildman–Crippen LogP) is 1.47. The summed E-state index contributed by atoms with van der Waals surface area (Å²) < 4.78 is 3.89. The Morgan fingerprint density at radius 3 is 2.81 bits per heavy atom. The van der Waals surface area contributed by atoms with Crippen molar-refractivity contribution in [3.8, 4) is 0 Å². The van der Waals surface area contributed by atoms with Crippen molar-refractivity contribution < 1.29 is 0 Å². The molecule has 0 amide bonds. The Balaban J connectivity index is 1.59. The molecule has 21 heavy (non-hydrogen) atoms. The van der Waals surface area contributed by atoms with Gasteiger partial charge in [-0.2, -0.15) is 19.7 Å². The highest BCUT2D eigenvalue weighted by Crippen LogP contribution is 2.26. The van der Waals surface area contributed by atoms with Crippen molar-refractivity contribution in [3.05, 3.63) is 36.5 Å². The van der Waals surface area contributed by atoms with Crippen LogP contribution < -0.4 is 4.90 Å². The number of rotatable bonds is 2. The van der Waals surface area contributed by atoms with Crippen LogP contribution in [-0.4, -0.2) is 42.5 Å². The van der Waals surface area contributed by atoms with Gasteiger partial charge in [-0.25, -0.2) is 4.98 Å². The zero-order valence-electron chi connectivity index (χ0n) is 11.9. The van der Waals surface area contributed by atoms with Crippen LogP contribution in [-0.2, 0) is 0 Å². The van der Waals surface area contributed by atoms with Crippen LogP contribution in [0.5, 0.6) is 0 Å². The molecule has 0 radical (unpaired) electrons. The average Bonchev–Trinajstić information content (AvgIpc) is 3.17. The van der Waals surface area contributed by atoms with Crippen LogP contribution in [0.25, 0.3) is 5.78 Å². The molecule has 0 atom stereocenters. The van der Waals surface area contributed by atoms with Gasteiger partial charge in [0, 0.05) is 37.2 Å². The van der Waals surface area contributed by atoms with Gasteiger partial charge in [0.05, 0.1) is 6.04 Å². The Hall–Kier alpha value is -2.44. The van der Waals surface area contributed by atoms with Gasteiger partial charge in [-0.15, -0.1) is 0 Å². The summed E-state index contributed by atoms with van der Waals surface area (Å²) in [7, 11) is 0. The summed E-state index contributed by atoms with van der Waals surface area (Å²) in [5.74, 6) is 1.74. The highest BCUT2D eigenvalue weighted by molar-refractivity contribution is 5.47. The van der Waals surface area contributed by atoms with E-state index in [1.165, 1.54) is 0 Å². The lowest BCUT2D eigenvalue weighted by molar-refractivity contribution is 0.365. The van der Waals surface area contributed by atoms with Gasteiger partial charge >= 0.3 is 0 Å². The van der Waals surface area contributed by atoms with Gasteiger partial charge in [0.25, 0.3) is 5.78 Å². The number of anilines is 1. The minimum absolute atomic E-state index is 0.491. The predicted molar refractivity (Wildman–Crippen MR) is 78.2 cm³/mol. The molecular formula is C14H17N7. The molecule has 1 aliphatic heterocycles. The summed E-state index contributed by atoms with van der Waals surface area (Å²) in [4.78, 5) is 10.9. The smallest absolute Gasteiger partial charge is 0.254 e. The molecule has 0 aromatic carbocycles. The molecule has 1 aliphatic rings. The van der Waals surface area contributed by atoms with Crippen molar-refractivity contribution in [3.63, 3.8) is 0 Å². The largest absolute Gasteiger partial charge is 0.356 e. The highest BCUT2D eigenvalue weighted by atomic mass is 15.4. The molecule has 108 valence electrons. The van der Waals surface area contributed by atoms with E-state index >= 15 is 0 Å². The van der Waals surface area contributed by atoms with Gasteiger partial charge in [-0.1, -0.05) is 0 Å². The Kier molecular flexibility index (Phi) is 2.83. The van der Waals surface area contributed by atoms with Gasteiger partial charge in [0.1, 0.15) is 12.1 Å². The normalized spacial score (nSPS) is 16.7. The summed E-state index contributed by atoms with van der Waals surface area (Å²) in [6.45, 7) is 3.97. The first-order valence-corrected chi connectivity index (χ1v) is 7.23. The van der Waals surface area contributed by atoms with Crippen molar-refractivity contribution in [2.45, 2.75) is 25.8 Å². The van der Waals surface area contributed by atoms with E-state index in [2.05, 4.69) is 35.8 Å². The molecule has 3 aromatic heterocycles. The SMILES string of the molecule is Cc1cc(N2CCC(n3cccn3)CC2)n2ncnc2n1. The van der Waals surface area contributed by atoms with E-state index in [-0.39, 0.29) is 0 Å². The summed E-state index contributed by atoms with van der Waals surface area (Å²) in [6, 6.07) is 4.55. The highest BCUT2D eigenvalue weighted by Gasteiger charge is 2.23. The van der Waals surface area contributed by atoms with Gasteiger partial charge in [-0.3, -0.25) is 4.68 Å². The van der Waals surface area contributed by atoms with E-state index in [4.69, 9.17) is 0 Å².